The number of aromatic hydroxyl groups is 1. The highest BCUT2D eigenvalue weighted by Gasteiger charge is 2.48. The molecule has 0 amide bonds. The van der Waals surface area contributed by atoms with Crippen LogP contribution >= 0.6 is 0 Å². The first-order valence-electron chi connectivity index (χ1n) is 5.40. The Balaban J connectivity index is 2.45. The molecule has 76 valence electrons. The van der Waals surface area contributed by atoms with E-state index in [0.717, 1.165) is 12.3 Å². The number of hydrogen-bond donors (Lipinski definition) is 1. The lowest BCUT2D eigenvalue weighted by Gasteiger charge is -2.15. The second kappa shape index (κ2) is 3.01. The highest BCUT2D eigenvalue weighted by Crippen LogP contribution is 2.54. The minimum absolute atomic E-state index is 0.323. The summed E-state index contributed by atoms with van der Waals surface area (Å²) in [5.41, 5.74) is 3.06. The van der Waals surface area contributed by atoms with Crippen molar-refractivity contribution in [2.45, 2.75) is 39.0 Å². The Kier molecular flexibility index (Phi) is 2.06. The molecule has 0 aromatic heterocycles. The molecule has 0 saturated heterocycles. The third kappa shape index (κ3) is 1.31. The number of hydrogen-bond acceptors (Lipinski definition) is 1. The number of phenols is 1. The van der Waals surface area contributed by atoms with Gasteiger partial charge in [0.1, 0.15) is 5.75 Å². The van der Waals surface area contributed by atoms with Crippen LogP contribution in [0.5, 0.6) is 5.75 Å². The van der Waals surface area contributed by atoms with Crippen LogP contribution in [-0.4, -0.2) is 5.11 Å². The predicted molar refractivity (Wildman–Crippen MR) is 58.6 cm³/mol. The molecule has 1 aliphatic carbocycles. The molecule has 1 fully saturated rings. The van der Waals surface area contributed by atoms with Gasteiger partial charge in [0.15, 0.2) is 0 Å². The Hall–Kier alpha value is -0.980. The van der Waals surface area contributed by atoms with Gasteiger partial charge in [0.25, 0.3) is 0 Å². The Morgan fingerprint density at radius 1 is 1.50 bits per heavy atom. The van der Waals surface area contributed by atoms with Crippen LogP contribution in [0, 0.1) is 5.92 Å². The Bertz CT molecular complexity index is 356. The molecule has 0 bridgehead atoms. The summed E-state index contributed by atoms with van der Waals surface area (Å²) in [6.45, 7) is 6.75. The van der Waals surface area contributed by atoms with Gasteiger partial charge in [-0.3, -0.25) is 0 Å². The fourth-order valence-corrected chi connectivity index (χ4v) is 2.36. The second-order valence-corrected chi connectivity index (χ2v) is 4.72. The van der Waals surface area contributed by atoms with Crippen molar-refractivity contribution in [2.24, 2.45) is 5.92 Å². The van der Waals surface area contributed by atoms with Gasteiger partial charge in [-0.2, -0.15) is 0 Å². The number of rotatable bonds is 2. The molecule has 14 heavy (non-hydrogen) atoms. The highest BCUT2D eigenvalue weighted by molar-refractivity contribution is 5.43. The summed E-state index contributed by atoms with van der Waals surface area (Å²) in [5.74, 6) is 1.16. The van der Waals surface area contributed by atoms with Gasteiger partial charge in [0, 0.05) is 0 Å². The molecule has 2 rings (SSSR count). The van der Waals surface area contributed by atoms with Gasteiger partial charge in [-0.1, -0.05) is 26.8 Å². The van der Waals surface area contributed by atoms with Crippen molar-refractivity contribution in [3.8, 4) is 5.75 Å². The minimum Gasteiger partial charge on any atom is -0.508 e. The third-order valence-corrected chi connectivity index (χ3v) is 3.75. The highest BCUT2D eigenvalue weighted by atomic mass is 16.3. The molecule has 1 heteroatoms. The number of aryl methyl sites for hydroxylation is 1. The maximum atomic E-state index is 9.51. The zero-order chi connectivity index (χ0) is 10.3. The molecular formula is C13H18O. The molecule has 2 unspecified atom stereocenters. The molecule has 1 aromatic carbocycles. The first-order valence-corrected chi connectivity index (χ1v) is 5.40. The van der Waals surface area contributed by atoms with Crippen LogP contribution in [0.3, 0.4) is 0 Å². The van der Waals surface area contributed by atoms with Gasteiger partial charge in [-0.15, -0.1) is 0 Å². The summed E-state index contributed by atoms with van der Waals surface area (Å²) >= 11 is 0. The summed E-state index contributed by atoms with van der Waals surface area (Å²) in [5, 5.41) is 9.51. The molecular weight excluding hydrogens is 172 g/mol. The largest absolute Gasteiger partial charge is 0.508 e. The van der Waals surface area contributed by atoms with Crippen LogP contribution in [0.2, 0.25) is 0 Å². The van der Waals surface area contributed by atoms with E-state index < -0.39 is 0 Å². The first-order chi connectivity index (χ1) is 6.58. The molecule has 1 N–H and O–H groups in total. The van der Waals surface area contributed by atoms with Crippen molar-refractivity contribution >= 4 is 0 Å². The topological polar surface area (TPSA) is 20.2 Å². The standard InChI is InChI=1S/C13H18O/c1-4-10-5-6-11(14)7-12(10)13(3)8-9(13)2/h5-7,9,14H,4,8H2,1-3H3. The molecule has 0 aliphatic heterocycles. The van der Waals surface area contributed by atoms with Crippen molar-refractivity contribution < 1.29 is 5.11 Å². The zero-order valence-electron chi connectivity index (χ0n) is 9.17. The predicted octanol–water partition coefficient (Wildman–Crippen LogP) is 3.25. The minimum atomic E-state index is 0.323. The van der Waals surface area contributed by atoms with Crippen molar-refractivity contribution in [2.75, 3.05) is 0 Å². The van der Waals surface area contributed by atoms with E-state index >= 15 is 0 Å². The molecule has 0 radical (unpaired) electrons. The molecule has 1 aliphatic rings. The smallest absolute Gasteiger partial charge is 0.115 e. The van der Waals surface area contributed by atoms with Gasteiger partial charge >= 0.3 is 0 Å². The summed E-state index contributed by atoms with van der Waals surface area (Å²) in [6.07, 6.45) is 2.31. The maximum Gasteiger partial charge on any atom is 0.115 e. The lowest BCUT2D eigenvalue weighted by molar-refractivity contribution is 0.473. The van der Waals surface area contributed by atoms with E-state index in [1.54, 1.807) is 6.07 Å². The van der Waals surface area contributed by atoms with Crippen molar-refractivity contribution in [3.63, 3.8) is 0 Å². The fraction of sp³-hybridized carbons (Fsp3) is 0.538. The molecule has 1 aromatic rings. The summed E-state index contributed by atoms with van der Waals surface area (Å²) in [4.78, 5) is 0. The monoisotopic (exact) mass is 190 g/mol. The summed E-state index contributed by atoms with van der Waals surface area (Å²) in [6, 6.07) is 5.79. The fourth-order valence-electron chi connectivity index (χ4n) is 2.36. The lowest BCUT2D eigenvalue weighted by atomic mass is 9.90. The van der Waals surface area contributed by atoms with E-state index in [0.29, 0.717) is 11.2 Å². The molecule has 1 saturated carbocycles. The quantitative estimate of drug-likeness (QED) is 0.759. The first kappa shape index (κ1) is 9.57. The second-order valence-electron chi connectivity index (χ2n) is 4.72. The van der Waals surface area contributed by atoms with E-state index in [4.69, 9.17) is 0 Å². The van der Waals surface area contributed by atoms with Crippen molar-refractivity contribution in [1.82, 2.24) is 0 Å². The Labute approximate surface area is 85.8 Å². The normalized spacial score (nSPS) is 30.4. The zero-order valence-corrected chi connectivity index (χ0v) is 9.17. The summed E-state index contributed by atoms with van der Waals surface area (Å²) in [7, 11) is 0. The van der Waals surface area contributed by atoms with Crippen molar-refractivity contribution in [1.29, 1.82) is 0 Å². The SMILES string of the molecule is CCc1ccc(O)cc1C1(C)CC1C. The van der Waals surface area contributed by atoms with E-state index in [-0.39, 0.29) is 0 Å². The molecule has 2 atom stereocenters. The Morgan fingerprint density at radius 3 is 2.64 bits per heavy atom. The van der Waals surface area contributed by atoms with Crippen LogP contribution < -0.4 is 0 Å². The van der Waals surface area contributed by atoms with E-state index in [1.165, 1.54) is 17.5 Å². The maximum absolute atomic E-state index is 9.51. The number of phenolic OH excluding ortho intramolecular Hbond substituents is 1. The van der Waals surface area contributed by atoms with Crippen LogP contribution in [0.25, 0.3) is 0 Å². The summed E-state index contributed by atoms with van der Waals surface area (Å²) < 4.78 is 0. The number of benzene rings is 1. The molecule has 0 heterocycles. The third-order valence-electron chi connectivity index (χ3n) is 3.75. The van der Waals surface area contributed by atoms with Crippen LogP contribution in [0.4, 0.5) is 0 Å². The van der Waals surface area contributed by atoms with Crippen molar-refractivity contribution in [3.05, 3.63) is 29.3 Å². The van der Waals surface area contributed by atoms with Gasteiger partial charge in [-0.05, 0) is 47.4 Å². The molecule has 1 nitrogen and oxygen atoms in total. The van der Waals surface area contributed by atoms with Gasteiger partial charge < -0.3 is 5.11 Å². The average Bonchev–Trinajstić information content (AvgIpc) is 2.76. The van der Waals surface area contributed by atoms with Gasteiger partial charge in [0.05, 0.1) is 0 Å². The lowest BCUT2D eigenvalue weighted by Crippen LogP contribution is -2.06. The van der Waals surface area contributed by atoms with Gasteiger partial charge in [0.2, 0.25) is 0 Å². The Morgan fingerprint density at radius 2 is 2.14 bits per heavy atom. The van der Waals surface area contributed by atoms with E-state index in [1.807, 2.05) is 6.07 Å². The van der Waals surface area contributed by atoms with Crippen LogP contribution in [0.15, 0.2) is 18.2 Å². The van der Waals surface area contributed by atoms with E-state index in [2.05, 4.69) is 26.8 Å². The van der Waals surface area contributed by atoms with E-state index in [9.17, 15) is 5.11 Å². The molecule has 0 spiro atoms. The average molecular weight is 190 g/mol. The van der Waals surface area contributed by atoms with Crippen LogP contribution in [0.1, 0.15) is 38.3 Å². The van der Waals surface area contributed by atoms with Crippen LogP contribution in [-0.2, 0) is 11.8 Å². The van der Waals surface area contributed by atoms with Gasteiger partial charge in [-0.25, -0.2) is 0 Å².